The van der Waals surface area contributed by atoms with Crippen molar-refractivity contribution in [3.05, 3.63) is 41.7 Å². The average molecular weight is 293 g/mol. The monoisotopic (exact) mass is 293 g/mol. The highest BCUT2D eigenvalue weighted by atomic mass is 32.2. The Hall–Kier alpha value is -2.15. The molecule has 2 rings (SSSR count). The molecule has 1 aromatic carbocycles. The number of rotatable bonds is 3. The van der Waals surface area contributed by atoms with E-state index in [9.17, 15) is 13.2 Å². The van der Waals surface area contributed by atoms with Crippen LogP contribution in [0.4, 0.5) is 5.69 Å². The predicted octanol–water partition coefficient (Wildman–Crippen LogP) is 1.38. The first-order valence-corrected chi connectivity index (χ1v) is 7.78. The maximum absolute atomic E-state index is 12.0. The van der Waals surface area contributed by atoms with E-state index in [0.29, 0.717) is 11.4 Å². The van der Waals surface area contributed by atoms with Crippen LogP contribution in [0.1, 0.15) is 16.2 Å². The molecule has 0 aliphatic rings. The van der Waals surface area contributed by atoms with E-state index in [2.05, 4.69) is 10.4 Å². The number of aryl methyl sites for hydroxylation is 2. The maximum atomic E-state index is 12.0. The van der Waals surface area contributed by atoms with Crippen LogP contribution in [0.3, 0.4) is 0 Å². The third kappa shape index (κ3) is 3.05. The fourth-order valence-electron chi connectivity index (χ4n) is 1.80. The van der Waals surface area contributed by atoms with Gasteiger partial charge in [-0.25, -0.2) is 8.42 Å². The summed E-state index contributed by atoms with van der Waals surface area (Å²) < 4.78 is 24.2. The van der Waals surface area contributed by atoms with Crippen molar-refractivity contribution >= 4 is 21.4 Å². The lowest BCUT2D eigenvalue weighted by molar-refractivity contribution is 0.101. The number of sulfone groups is 1. The third-order valence-corrected chi connectivity index (χ3v) is 3.90. The van der Waals surface area contributed by atoms with Gasteiger partial charge in [0.05, 0.1) is 10.6 Å². The normalized spacial score (nSPS) is 11.3. The second kappa shape index (κ2) is 5.09. The van der Waals surface area contributed by atoms with Gasteiger partial charge in [0, 0.05) is 19.0 Å². The van der Waals surface area contributed by atoms with Crippen LogP contribution >= 0.6 is 0 Å². The molecule has 0 aliphatic carbocycles. The molecule has 0 atom stereocenters. The second-order valence-corrected chi connectivity index (χ2v) is 6.56. The molecule has 1 aromatic heterocycles. The van der Waals surface area contributed by atoms with Crippen molar-refractivity contribution in [2.45, 2.75) is 11.8 Å². The van der Waals surface area contributed by atoms with E-state index in [4.69, 9.17) is 0 Å². The number of anilines is 1. The minimum atomic E-state index is -3.23. The molecular weight excluding hydrogens is 278 g/mol. The molecule has 1 N–H and O–H groups in total. The zero-order valence-electron chi connectivity index (χ0n) is 11.4. The van der Waals surface area contributed by atoms with Crippen molar-refractivity contribution in [2.75, 3.05) is 11.6 Å². The Morgan fingerprint density at radius 2 is 1.85 bits per heavy atom. The van der Waals surface area contributed by atoms with Crippen LogP contribution in [0.2, 0.25) is 0 Å². The molecule has 0 unspecified atom stereocenters. The molecule has 0 fully saturated rings. The molecule has 2 aromatic rings. The fraction of sp³-hybridized carbons (Fsp3) is 0.231. The lowest BCUT2D eigenvalue weighted by Gasteiger charge is -2.06. The number of amides is 1. The number of carbonyl (C=O) groups excluding carboxylic acids is 1. The average Bonchev–Trinajstić information content (AvgIpc) is 2.68. The van der Waals surface area contributed by atoms with Crippen molar-refractivity contribution in [3.8, 4) is 0 Å². The van der Waals surface area contributed by atoms with Crippen LogP contribution < -0.4 is 5.32 Å². The summed E-state index contributed by atoms with van der Waals surface area (Å²) in [6, 6.07) is 7.70. The summed E-state index contributed by atoms with van der Waals surface area (Å²) in [6.07, 6.45) is 1.14. The molecule has 7 heteroatoms. The van der Waals surface area contributed by atoms with Crippen molar-refractivity contribution in [1.29, 1.82) is 0 Å². The van der Waals surface area contributed by atoms with Crippen LogP contribution in [0.15, 0.2) is 35.2 Å². The lowest BCUT2D eigenvalue weighted by atomic mass is 10.3. The zero-order valence-corrected chi connectivity index (χ0v) is 12.2. The van der Waals surface area contributed by atoms with Crippen LogP contribution in [0, 0.1) is 6.92 Å². The number of hydrogen-bond acceptors (Lipinski definition) is 4. The number of nitrogens with one attached hydrogen (secondary N) is 1. The highest BCUT2D eigenvalue weighted by molar-refractivity contribution is 7.90. The highest BCUT2D eigenvalue weighted by Crippen LogP contribution is 2.15. The van der Waals surface area contributed by atoms with E-state index in [1.165, 1.54) is 16.8 Å². The number of hydrogen-bond donors (Lipinski definition) is 1. The first-order chi connectivity index (χ1) is 9.27. The van der Waals surface area contributed by atoms with E-state index in [0.717, 1.165) is 11.9 Å². The SMILES string of the molecule is Cc1cc(C(=O)Nc2ccc(S(C)(=O)=O)cc2)n(C)n1. The maximum Gasteiger partial charge on any atom is 0.273 e. The number of carbonyl (C=O) groups is 1. The molecular formula is C13H15N3O3S. The Labute approximate surface area is 117 Å². The number of nitrogens with zero attached hydrogens (tertiary/aromatic N) is 2. The van der Waals surface area contributed by atoms with Gasteiger partial charge < -0.3 is 5.32 Å². The Morgan fingerprint density at radius 1 is 1.25 bits per heavy atom. The van der Waals surface area contributed by atoms with Gasteiger partial charge in [-0.15, -0.1) is 0 Å². The standard InChI is InChI=1S/C13H15N3O3S/c1-9-8-12(16(2)15-9)13(17)14-10-4-6-11(7-5-10)20(3,18)19/h4-8H,1-3H3,(H,14,17). The smallest absolute Gasteiger partial charge is 0.273 e. The molecule has 0 saturated carbocycles. The number of aromatic nitrogens is 2. The van der Waals surface area contributed by atoms with Gasteiger partial charge in [-0.05, 0) is 37.3 Å². The molecule has 20 heavy (non-hydrogen) atoms. The molecule has 0 saturated heterocycles. The van der Waals surface area contributed by atoms with Gasteiger partial charge in [0.15, 0.2) is 9.84 Å². The summed E-state index contributed by atoms with van der Waals surface area (Å²) in [5.41, 5.74) is 1.72. The zero-order chi connectivity index (χ0) is 14.9. The third-order valence-electron chi connectivity index (χ3n) is 2.77. The van der Waals surface area contributed by atoms with Crippen LogP contribution in [0.5, 0.6) is 0 Å². The Morgan fingerprint density at radius 3 is 2.30 bits per heavy atom. The minimum absolute atomic E-state index is 0.215. The van der Waals surface area contributed by atoms with E-state index < -0.39 is 9.84 Å². The van der Waals surface area contributed by atoms with Crippen LogP contribution in [0.25, 0.3) is 0 Å². The van der Waals surface area contributed by atoms with Gasteiger partial charge in [0.25, 0.3) is 5.91 Å². The van der Waals surface area contributed by atoms with Crippen molar-refractivity contribution in [2.24, 2.45) is 7.05 Å². The molecule has 1 amide bonds. The van der Waals surface area contributed by atoms with E-state index in [-0.39, 0.29) is 10.8 Å². The summed E-state index contributed by atoms with van der Waals surface area (Å²) in [6.45, 7) is 1.80. The van der Waals surface area contributed by atoms with Gasteiger partial charge in [0.1, 0.15) is 5.69 Å². The van der Waals surface area contributed by atoms with Gasteiger partial charge in [0.2, 0.25) is 0 Å². The van der Waals surface area contributed by atoms with Gasteiger partial charge in [-0.1, -0.05) is 0 Å². The van der Waals surface area contributed by atoms with Crippen molar-refractivity contribution in [3.63, 3.8) is 0 Å². The summed E-state index contributed by atoms with van der Waals surface area (Å²) >= 11 is 0. The van der Waals surface area contributed by atoms with Gasteiger partial charge in [-0.2, -0.15) is 5.10 Å². The second-order valence-electron chi connectivity index (χ2n) is 4.55. The lowest BCUT2D eigenvalue weighted by Crippen LogP contribution is -2.16. The minimum Gasteiger partial charge on any atom is -0.321 e. The van der Waals surface area contributed by atoms with Crippen molar-refractivity contribution < 1.29 is 13.2 Å². The van der Waals surface area contributed by atoms with Gasteiger partial charge >= 0.3 is 0 Å². The Balaban J connectivity index is 2.18. The first-order valence-electron chi connectivity index (χ1n) is 5.89. The van der Waals surface area contributed by atoms with E-state index >= 15 is 0 Å². The van der Waals surface area contributed by atoms with Crippen molar-refractivity contribution in [1.82, 2.24) is 9.78 Å². The van der Waals surface area contributed by atoms with Gasteiger partial charge in [-0.3, -0.25) is 9.48 Å². The first kappa shape index (κ1) is 14.3. The largest absolute Gasteiger partial charge is 0.321 e. The summed E-state index contributed by atoms with van der Waals surface area (Å²) in [5, 5.41) is 6.79. The molecule has 0 radical (unpaired) electrons. The van der Waals surface area contributed by atoms with E-state index in [1.807, 2.05) is 0 Å². The quantitative estimate of drug-likeness (QED) is 0.927. The predicted molar refractivity (Wildman–Crippen MR) is 75.5 cm³/mol. The highest BCUT2D eigenvalue weighted by Gasteiger charge is 2.12. The molecule has 0 spiro atoms. The molecule has 0 bridgehead atoms. The van der Waals surface area contributed by atoms with Crippen LogP contribution in [-0.2, 0) is 16.9 Å². The fourth-order valence-corrected chi connectivity index (χ4v) is 2.43. The Kier molecular flexibility index (Phi) is 3.63. The summed E-state index contributed by atoms with van der Waals surface area (Å²) in [5.74, 6) is -0.291. The van der Waals surface area contributed by atoms with Crippen LogP contribution in [-0.4, -0.2) is 30.4 Å². The molecule has 1 heterocycles. The summed E-state index contributed by atoms with van der Waals surface area (Å²) in [4.78, 5) is 12.3. The molecule has 0 aliphatic heterocycles. The summed E-state index contributed by atoms with van der Waals surface area (Å²) in [7, 11) is -1.54. The van der Waals surface area contributed by atoms with E-state index in [1.54, 1.807) is 32.2 Å². The molecule has 106 valence electrons. The topological polar surface area (TPSA) is 81.1 Å². The Bertz CT molecular complexity index is 746. The molecule has 6 nitrogen and oxygen atoms in total. The number of benzene rings is 1.